The third kappa shape index (κ3) is 3.39. The summed E-state index contributed by atoms with van der Waals surface area (Å²) in [4.78, 5) is 8.67. The number of nitrogens with two attached hydrogens (primary N) is 1. The van der Waals surface area contributed by atoms with E-state index in [1.54, 1.807) is 6.33 Å². The van der Waals surface area contributed by atoms with E-state index in [4.69, 9.17) is 5.73 Å². The SMILES string of the molecule is Cc1ccccc1CCNc1cc(C2CC(N)C2)ncn1. The van der Waals surface area contributed by atoms with Crippen LogP contribution in [0, 0.1) is 6.92 Å². The Kier molecular flexibility index (Phi) is 4.15. The molecule has 0 bridgehead atoms. The number of nitrogens with zero attached hydrogens (tertiary/aromatic N) is 2. The summed E-state index contributed by atoms with van der Waals surface area (Å²) in [6.07, 6.45) is 4.73. The van der Waals surface area contributed by atoms with Crippen molar-refractivity contribution in [3.05, 3.63) is 53.5 Å². The molecule has 2 aromatic rings. The van der Waals surface area contributed by atoms with Gasteiger partial charge in [0.05, 0.1) is 0 Å². The van der Waals surface area contributed by atoms with E-state index in [2.05, 4.69) is 52.5 Å². The molecule has 0 spiro atoms. The van der Waals surface area contributed by atoms with Crippen molar-refractivity contribution >= 4 is 5.82 Å². The second-order valence-corrected chi connectivity index (χ2v) is 5.86. The van der Waals surface area contributed by atoms with Crippen molar-refractivity contribution in [2.45, 2.75) is 38.1 Å². The minimum Gasteiger partial charge on any atom is -0.370 e. The van der Waals surface area contributed by atoms with Gasteiger partial charge in [-0.05, 0) is 37.3 Å². The van der Waals surface area contributed by atoms with Crippen LogP contribution in [0.2, 0.25) is 0 Å². The quantitative estimate of drug-likeness (QED) is 0.885. The summed E-state index contributed by atoms with van der Waals surface area (Å²) in [5.41, 5.74) is 9.68. The average Bonchev–Trinajstić information content (AvgIpc) is 2.46. The molecule has 0 aliphatic heterocycles. The van der Waals surface area contributed by atoms with E-state index in [1.165, 1.54) is 11.1 Å². The van der Waals surface area contributed by atoms with Crippen LogP contribution in [0.5, 0.6) is 0 Å². The molecule has 110 valence electrons. The lowest BCUT2D eigenvalue weighted by Gasteiger charge is -2.31. The molecule has 0 saturated heterocycles. The molecule has 0 unspecified atom stereocenters. The Hall–Kier alpha value is -1.94. The molecule has 1 heterocycles. The average molecular weight is 282 g/mol. The minimum atomic E-state index is 0.349. The van der Waals surface area contributed by atoms with Crippen molar-refractivity contribution in [1.82, 2.24) is 9.97 Å². The molecule has 0 radical (unpaired) electrons. The lowest BCUT2D eigenvalue weighted by molar-refractivity contribution is 0.345. The van der Waals surface area contributed by atoms with Gasteiger partial charge in [0, 0.05) is 30.3 Å². The summed E-state index contributed by atoms with van der Waals surface area (Å²) < 4.78 is 0. The molecule has 1 aromatic carbocycles. The van der Waals surface area contributed by atoms with Gasteiger partial charge in [-0.25, -0.2) is 9.97 Å². The predicted octanol–water partition coefficient (Wildman–Crippen LogP) is 2.64. The number of nitrogens with one attached hydrogen (secondary N) is 1. The van der Waals surface area contributed by atoms with Crippen LogP contribution in [0.25, 0.3) is 0 Å². The molecule has 1 aliphatic carbocycles. The maximum Gasteiger partial charge on any atom is 0.129 e. The predicted molar refractivity (Wildman–Crippen MR) is 85.4 cm³/mol. The van der Waals surface area contributed by atoms with Crippen LogP contribution in [-0.4, -0.2) is 22.6 Å². The van der Waals surface area contributed by atoms with E-state index < -0.39 is 0 Å². The van der Waals surface area contributed by atoms with Crippen LogP contribution in [0.1, 0.15) is 35.6 Å². The van der Waals surface area contributed by atoms with Gasteiger partial charge < -0.3 is 11.1 Å². The van der Waals surface area contributed by atoms with E-state index in [9.17, 15) is 0 Å². The maximum absolute atomic E-state index is 5.84. The summed E-state index contributed by atoms with van der Waals surface area (Å²) in [5.74, 6) is 1.42. The Morgan fingerprint density at radius 1 is 1.24 bits per heavy atom. The Morgan fingerprint density at radius 3 is 2.81 bits per heavy atom. The van der Waals surface area contributed by atoms with Crippen molar-refractivity contribution in [3.8, 4) is 0 Å². The second kappa shape index (κ2) is 6.22. The zero-order chi connectivity index (χ0) is 14.7. The Morgan fingerprint density at radius 2 is 2.05 bits per heavy atom. The monoisotopic (exact) mass is 282 g/mol. The first kappa shape index (κ1) is 14.0. The summed E-state index contributed by atoms with van der Waals surface area (Å²) in [6.45, 7) is 3.03. The Bertz CT molecular complexity index is 605. The normalized spacial score (nSPS) is 20.9. The molecule has 1 saturated carbocycles. The smallest absolute Gasteiger partial charge is 0.129 e. The van der Waals surface area contributed by atoms with Crippen molar-refractivity contribution in [2.75, 3.05) is 11.9 Å². The lowest BCUT2D eigenvalue weighted by Crippen LogP contribution is -2.35. The van der Waals surface area contributed by atoms with Gasteiger partial charge in [0.25, 0.3) is 0 Å². The van der Waals surface area contributed by atoms with Crippen LogP contribution in [0.4, 0.5) is 5.82 Å². The third-order valence-electron chi connectivity index (χ3n) is 4.24. The maximum atomic E-state index is 5.84. The molecule has 4 nitrogen and oxygen atoms in total. The van der Waals surface area contributed by atoms with Gasteiger partial charge in [-0.1, -0.05) is 24.3 Å². The number of aryl methyl sites for hydroxylation is 1. The molecule has 1 aromatic heterocycles. The molecular weight excluding hydrogens is 260 g/mol. The van der Waals surface area contributed by atoms with Crippen molar-refractivity contribution in [1.29, 1.82) is 0 Å². The van der Waals surface area contributed by atoms with Gasteiger partial charge >= 0.3 is 0 Å². The molecule has 4 heteroatoms. The van der Waals surface area contributed by atoms with Crippen LogP contribution in [-0.2, 0) is 6.42 Å². The number of anilines is 1. The van der Waals surface area contributed by atoms with Gasteiger partial charge in [0.1, 0.15) is 12.1 Å². The molecule has 3 rings (SSSR count). The van der Waals surface area contributed by atoms with Gasteiger partial charge in [0.15, 0.2) is 0 Å². The highest BCUT2D eigenvalue weighted by atomic mass is 15.0. The molecule has 0 amide bonds. The highest BCUT2D eigenvalue weighted by Crippen LogP contribution is 2.34. The van der Waals surface area contributed by atoms with Gasteiger partial charge in [-0.15, -0.1) is 0 Å². The lowest BCUT2D eigenvalue weighted by atomic mass is 9.79. The van der Waals surface area contributed by atoms with Crippen molar-refractivity contribution < 1.29 is 0 Å². The molecule has 21 heavy (non-hydrogen) atoms. The van der Waals surface area contributed by atoms with E-state index >= 15 is 0 Å². The number of hydrogen-bond acceptors (Lipinski definition) is 4. The number of rotatable bonds is 5. The summed E-state index contributed by atoms with van der Waals surface area (Å²) in [5, 5.41) is 3.39. The first-order chi connectivity index (χ1) is 10.2. The zero-order valence-electron chi connectivity index (χ0n) is 12.4. The highest BCUT2D eigenvalue weighted by Gasteiger charge is 2.28. The van der Waals surface area contributed by atoms with E-state index in [-0.39, 0.29) is 0 Å². The van der Waals surface area contributed by atoms with Gasteiger partial charge in [-0.2, -0.15) is 0 Å². The van der Waals surface area contributed by atoms with Crippen LogP contribution >= 0.6 is 0 Å². The fourth-order valence-electron chi connectivity index (χ4n) is 2.81. The zero-order valence-corrected chi connectivity index (χ0v) is 12.4. The second-order valence-electron chi connectivity index (χ2n) is 5.86. The fraction of sp³-hybridized carbons (Fsp3) is 0.412. The van der Waals surface area contributed by atoms with E-state index in [1.807, 2.05) is 0 Å². The Balaban J connectivity index is 1.56. The van der Waals surface area contributed by atoms with Crippen molar-refractivity contribution in [3.63, 3.8) is 0 Å². The third-order valence-corrected chi connectivity index (χ3v) is 4.24. The van der Waals surface area contributed by atoms with E-state index in [0.29, 0.717) is 12.0 Å². The largest absolute Gasteiger partial charge is 0.370 e. The summed E-state index contributed by atoms with van der Waals surface area (Å²) in [7, 11) is 0. The Labute approximate surface area is 125 Å². The highest BCUT2D eigenvalue weighted by molar-refractivity contribution is 5.37. The van der Waals surface area contributed by atoms with Crippen LogP contribution in [0.3, 0.4) is 0 Å². The van der Waals surface area contributed by atoms with E-state index in [0.717, 1.165) is 37.3 Å². The molecule has 0 atom stereocenters. The number of hydrogen-bond donors (Lipinski definition) is 2. The first-order valence-corrected chi connectivity index (χ1v) is 7.58. The standard InChI is InChI=1S/C17H22N4/c1-12-4-2-3-5-13(12)6-7-19-17-10-16(20-11-21-17)14-8-15(18)9-14/h2-5,10-11,14-15H,6-9,18H2,1H3,(H,19,20,21). The topological polar surface area (TPSA) is 63.8 Å². The number of aromatic nitrogens is 2. The minimum absolute atomic E-state index is 0.349. The van der Waals surface area contributed by atoms with Crippen molar-refractivity contribution in [2.24, 2.45) is 5.73 Å². The van der Waals surface area contributed by atoms with Gasteiger partial charge in [-0.3, -0.25) is 0 Å². The van der Waals surface area contributed by atoms with Crippen LogP contribution in [0.15, 0.2) is 36.7 Å². The molecule has 1 aliphatic rings. The molecule has 3 N–H and O–H groups in total. The van der Waals surface area contributed by atoms with Gasteiger partial charge in [0.2, 0.25) is 0 Å². The van der Waals surface area contributed by atoms with Crippen LogP contribution < -0.4 is 11.1 Å². The fourth-order valence-corrected chi connectivity index (χ4v) is 2.81. The molecular formula is C17H22N4. The molecule has 1 fully saturated rings. The summed E-state index contributed by atoms with van der Waals surface area (Å²) in [6, 6.07) is 10.9. The summed E-state index contributed by atoms with van der Waals surface area (Å²) >= 11 is 0. The first-order valence-electron chi connectivity index (χ1n) is 7.58. The number of benzene rings is 1.